The minimum Gasteiger partial charge on any atom is -0.363 e. The monoisotopic (exact) mass is 231 g/mol. The molecule has 0 spiro atoms. The van der Waals surface area contributed by atoms with E-state index in [0.717, 1.165) is 19.2 Å². The van der Waals surface area contributed by atoms with E-state index in [0.29, 0.717) is 6.10 Å². The lowest BCUT2D eigenvalue weighted by molar-refractivity contribution is -0.119. The van der Waals surface area contributed by atoms with Gasteiger partial charge in [-0.15, -0.1) is 0 Å². The maximum Gasteiger partial charge on any atom is 0.0997 e. The van der Waals surface area contributed by atoms with E-state index in [1.54, 1.807) is 0 Å². The van der Waals surface area contributed by atoms with Crippen LogP contribution in [0, 0.1) is 5.92 Å². The fourth-order valence-electron chi connectivity index (χ4n) is 3.14. The molecule has 1 aliphatic carbocycles. The Hall–Kier alpha value is -0.860. The van der Waals surface area contributed by atoms with Crippen LogP contribution in [0.15, 0.2) is 30.3 Å². The number of fused-ring (bicyclic) bond motifs is 1. The van der Waals surface area contributed by atoms with Gasteiger partial charge in [0.2, 0.25) is 0 Å². The molecule has 0 amide bonds. The van der Waals surface area contributed by atoms with Gasteiger partial charge in [-0.1, -0.05) is 43.2 Å². The van der Waals surface area contributed by atoms with Crippen LogP contribution in [-0.2, 0) is 11.3 Å². The van der Waals surface area contributed by atoms with Crippen molar-refractivity contribution in [2.75, 3.05) is 13.3 Å². The van der Waals surface area contributed by atoms with Crippen LogP contribution in [0.4, 0.5) is 0 Å². The van der Waals surface area contributed by atoms with Crippen LogP contribution < -0.4 is 0 Å². The normalized spacial score (nSPS) is 29.9. The summed E-state index contributed by atoms with van der Waals surface area (Å²) >= 11 is 0. The van der Waals surface area contributed by atoms with Gasteiger partial charge in [-0.2, -0.15) is 0 Å². The topological polar surface area (TPSA) is 12.5 Å². The van der Waals surface area contributed by atoms with Crippen molar-refractivity contribution >= 4 is 0 Å². The zero-order chi connectivity index (χ0) is 11.5. The molecular weight excluding hydrogens is 210 g/mol. The van der Waals surface area contributed by atoms with Crippen molar-refractivity contribution in [1.82, 2.24) is 4.90 Å². The van der Waals surface area contributed by atoms with Crippen LogP contribution >= 0.6 is 0 Å². The molecule has 0 unspecified atom stereocenters. The lowest BCUT2D eigenvalue weighted by atomic mass is 9.85. The summed E-state index contributed by atoms with van der Waals surface area (Å²) < 4.78 is 5.99. The average Bonchev–Trinajstić information content (AvgIpc) is 2.40. The first-order valence-electron chi connectivity index (χ1n) is 6.80. The van der Waals surface area contributed by atoms with Crippen LogP contribution in [-0.4, -0.2) is 24.3 Å². The second kappa shape index (κ2) is 5.19. The maximum absolute atomic E-state index is 5.99. The van der Waals surface area contributed by atoms with Gasteiger partial charge in [0.25, 0.3) is 0 Å². The smallest absolute Gasteiger partial charge is 0.0997 e. The molecule has 1 aromatic carbocycles. The predicted molar refractivity (Wildman–Crippen MR) is 68.6 cm³/mol. The molecule has 1 aromatic rings. The SMILES string of the molecule is c1ccc(CN2CO[C@H]3CCCC[C@H]3C2)cc1. The highest BCUT2D eigenvalue weighted by Gasteiger charge is 2.31. The molecule has 2 nitrogen and oxygen atoms in total. The number of hydrogen-bond donors (Lipinski definition) is 0. The fraction of sp³-hybridized carbons (Fsp3) is 0.600. The number of rotatable bonds is 2. The first kappa shape index (κ1) is 11.2. The Balaban J connectivity index is 1.59. The Bertz CT molecular complexity index is 351. The minimum absolute atomic E-state index is 0.552. The van der Waals surface area contributed by atoms with Crippen molar-refractivity contribution in [3.05, 3.63) is 35.9 Å². The van der Waals surface area contributed by atoms with Crippen molar-refractivity contribution in [2.45, 2.75) is 38.3 Å². The van der Waals surface area contributed by atoms with Gasteiger partial charge in [0.05, 0.1) is 12.8 Å². The molecule has 1 aliphatic heterocycles. The number of ether oxygens (including phenoxy) is 1. The van der Waals surface area contributed by atoms with E-state index in [4.69, 9.17) is 4.74 Å². The van der Waals surface area contributed by atoms with E-state index in [2.05, 4.69) is 35.2 Å². The summed E-state index contributed by atoms with van der Waals surface area (Å²) in [5, 5.41) is 0. The van der Waals surface area contributed by atoms with Crippen LogP contribution in [0.5, 0.6) is 0 Å². The molecule has 17 heavy (non-hydrogen) atoms. The summed E-state index contributed by atoms with van der Waals surface area (Å²) in [5.74, 6) is 0.779. The first-order valence-corrected chi connectivity index (χ1v) is 6.80. The Morgan fingerprint density at radius 1 is 1.12 bits per heavy atom. The predicted octanol–water partition coefficient (Wildman–Crippen LogP) is 3.04. The maximum atomic E-state index is 5.99. The molecular formula is C15H21NO. The van der Waals surface area contributed by atoms with Gasteiger partial charge in [-0.3, -0.25) is 4.90 Å². The third-order valence-electron chi connectivity index (χ3n) is 4.05. The molecule has 2 aliphatic rings. The molecule has 2 heteroatoms. The second-order valence-electron chi connectivity index (χ2n) is 5.38. The van der Waals surface area contributed by atoms with Crippen LogP contribution in [0.1, 0.15) is 31.2 Å². The highest BCUT2D eigenvalue weighted by Crippen LogP contribution is 2.31. The molecule has 0 N–H and O–H groups in total. The largest absolute Gasteiger partial charge is 0.363 e. The highest BCUT2D eigenvalue weighted by atomic mass is 16.5. The molecule has 0 aromatic heterocycles. The van der Waals surface area contributed by atoms with Gasteiger partial charge in [0.1, 0.15) is 0 Å². The number of benzene rings is 1. The van der Waals surface area contributed by atoms with Crippen LogP contribution in [0.2, 0.25) is 0 Å². The van der Waals surface area contributed by atoms with Crippen LogP contribution in [0.3, 0.4) is 0 Å². The van der Waals surface area contributed by atoms with Gasteiger partial charge in [-0.05, 0) is 24.3 Å². The van der Waals surface area contributed by atoms with E-state index in [1.165, 1.54) is 37.8 Å². The van der Waals surface area contributed by atoms with Crippen molar-refractivity contribution in [3.63, 3.8) is 0 Å². The van der Waals surface area contributed by atoms with Crippen LogP contribution in [0.25, 0.3) is 0 Å². The number of nitrogens with zero attached hydrogens (tertiary/aromatic N) is 1. The summed E-state index contributed by atoms with van der Waals surface area (Å²) in [4.78, 5) is 2.45. The van der Waals surface area contributed by atoms with Crippen molar-refractivity contribution in [2.24, 2.45) is 5.92 Å². The molecule has 2 atom stereocenters. The zero-order valence-electron chi connectivity index (χ0n) is 10.3. The Kier molecular flexibility index (Phi) is 3.44. The van der Waals surface area contributed by atoms with Gasteiger partial charge in [-0.25, -0.2) is 0 Å². The summed E-state index contributed by atoms with van der Waals surface area (Å²) in [6, 6.07) is 10.7. The molecule has 0 bridgehead atoms. The second-order valence-corrected chi connectivity index (χ2v) is 5.38. The van der Waals surface area contributed by atoms with E-state index in [-0.39, 0.29) is 0 Å². The van der Waals surface area contributed by atoms with E-state index in [1.807, 2.05) is 0 Å². The summed E-state index contributed by atoms with van der Waals surface area (Å²) in [7, 11) is 0. The minimum atomic E-state index is 0.552. The fourth-order valence-corrected chi connectivity index (χ4v) is 3.14. The molecule has 3 rings (SSSR count). The summed E-state index contributed by atoms with van der Waals surface area (Å²) in [5.41, 5.74) is 1.39. The van der Waals surface area contributed by atoms with Crippen molar-refractivity contribution < 1.29 is 4.74 Å². The average molecular weight is 231 g/mol. The Morgan fingerprint density at radius 2 is 1.94 bits per heavy atom. The Morgan fingerprint density at radius 3 is 2.82 bits per heavy atom. The quantitative estimate of drug-likeness (QED) is 0.775. The summed E-state index contributed by atoms with van der Waals surface area (Å²) in [6.45, 7) is 3.07. The molecule has 0 radical (unpaired) electrons. The van der Waals surface area contributed by atoms with E-state index < -0.39 is 0 Å². The van der Waals surface area contributed by atoms with Gasteiger partial charge in [0.15, 0.2) is 0 Å². The van der Waals surface area contributed by atoms with Crippen molar-refractivity contribution in [1.29, 1.82) is 0 Å². The standard InChI is InChI=1S/C15H21NO/c1-2-6-13(7-3-1)10-16-11-14-8-4-5-9-15(14)17-12-16/h1-3,6-7,14-15H,4-5,8-12H2/t14-,15-/m0/s1. The molecule has 1 saturated heterocycles. The highest BCUT2D eigenvalue weighted by molar-refractivity contribution is 5.14. The lowest BCUT2D eigenvalue weighted by Crippen LogP contribution is -2.45. The molecule has 1 saturated carbocycles. The summed E-state index contributed by atoms with van der Waals surface area (Å²) in [6.07, 6.45) is 5.94. The lowest BCUT2D eigenvalue weighted by Gasteiger charge is -2.41. The third-order valence-corrected chi connectivity index (χ3v) is 4.05. The molecule has 2 fully saturated rings. The molecule has 1 heterocycles. The van der Waals surface area contributed by atoms with Crippen molar-refractivity contribution in [3.8, 4) is 0 Å². The Labute approximate surface area is 104 Å². The van der Waals surface area contributed by atoms with E-state index in [9.17, 15) is 0 Å². The van der Waals surface area contributed by atoms with Gasteiger partial charge >= 0.3 is 0 Å². The third kappa shape index (κ3) is 2.70. The number of hydrogen-bond acceptors (Lipinski definition) is 2. The van der Waals surface area contributed by atoms with Gasteiger partial charge < -0.3 is 4.74 Å². The zero-order valence-corrected chi connectivity index (χ0v) is 10.3. The molecule has 92 valence electrons. The van der Waals surface area contributed by atoms with Gasteiger partial charge in [0, 0.05) is 13.1 Å². The van der Waals surface area contributed by atoms with E-state index >= 15 is 0 Å². The first-order chi connectivity index (χ1) is 8.42.